The van der Waals surface area contributed by atoms with Crippen molar-refractivity contribution in [3.05, 3.63) is 51.7 Å². The number of carbonyl (C=O) groups excluding carboxylic acids is 1. The van der Waals surface area contributed by atoms with Gasteiger partial charge in [0.25, 0.3) is 0 Å². The van der Waals surface area contributed by atoms with Crippen LogP contribution in [0.5, 0.6) is 5.75 Å². The van der Waals surface area contributed by atoms with Gasteiger partial charge in [0.2, 0.25) is 15.9 Å². The number of hydrogen-bond donors (Lipinski definition) is 2. The van der Waals surface area contributed by atoms with Crippen molar-refractivity contribution >= 4 is 49.1 Å². The molecule has 26 heavy (non-hydrogen) atoms. The summed E-state index contributed by atoms with van der Waals surface area (Å²) in [5, 5.41) is 2.45. The molecule has 0 aliphatic rings. The molecule has 1 atom stereocenters. The number of rotatable bonds is 6. The zero-order chi connectivity index (χ0) is 19.5. The summed E-state index contributed by atoms with van der Waals surface area (Å²) < 4.78 is 46.3. The normalized spacial score (nSPS) is 12.5. The third-order valence-corrected chi connectivity index (χ3v) is 5.67. The predicted octanol–water partition coefficient (Wildman–Crippen LogP) is 3.56. The maximum atomic E-state index is 13.8. The van der Waals surface area contributed by atoms with E-state index in [1.54, 1.807) is 6.07 Å². The van der Waals surface area contributed by atoms with E-state index in [0.717, 1.165) is 0 Å². The van der Waals surface area contributed by atoms with Gasteiger partial charge in [0, 0.05) is 4.47 Å². The molecule has 0 aliphatic heterocycles. The molecule has 0 fully saturated rings. The molecule has 0 heterocycles. The van der Waals surface area contributed by atoms with Crippen LogP contribution in [0.25, 0.3) is 0 Å². The highest BCUT2D eigenvalue weighted by atomic mass is 79.9. The van der Waals surface area contributed by atoms with Crippen molar-refractivity contribution in [3.8, 4) is 5.75 Å². The van der Waals surface area contributed by atoms with E-state index in [2.05, 4.69) is 26.0 Å². The quantitative estimate of drug-likeness (QED) is 0.683. The van der Waals surface area contributed by atoms with E-state index < -0.39 is 27.8 Å². The number of hydrogen-bond acceptors (Lipinski definition) is 4. The predicted molar refractivity (Wildman–Crippen MR) is 101 cm³/mol. The van der Waals surface area contributed by atoms with Crippen LogP contribution >= 0.6 is 27.5 Å². The van der Waals surface area contributed by atoms with Crippen LogP contribution in [0.1, 0.15) is 6.92 Å². The van der Waals surface area contributed by atoms with E-state index >= 15 is 0 Å². The Labute approximate surface area is 163 Å². The molecule has 140 valence electrons. The Morgan fingerprint density at radius 3 is 2.54 bits per heavy atom. The minimum atomic E-state index is -4.01. The Bertz CT molecular complexity index is 940. The average molecular weight is 466 g/mol. The Morgan fingerprint density at radius 1 is 1.27 bits per heavy atom. The van der Waals surface area contributed by atoms with Gasteiger partial charge >= 0.3 is 0 Å². The van der Waals surface area contributed by atoms with Gasteiger partial charge in [0.05, 0.1) is 28.8 Å². The van der Waals surface area contributed by atoms with Crippen molar-refractivity contribution in [1.29, 1.82) is 0 Å². The Hall–Kier alpha value is -1.68. The number of nitrogens with one attached hydrogen (secondary N) is 2. The van der Waals surface area contributed by atoms with E-state index in [-0.39, 0.29) is 15.6 Å². The minimum absolute atomic E-state index is 0.0586. The van der Waals surface area contributed by atoms with Crippen LogP contribution in [0, 0.1) is 5.82 Å². The van der Waals surface area contributed by atoms with E-state index in [1.165, 1.54) is 44.4 Å². The van der Waals surface area contributed by atoms with Crippen molar-refractivity contribution in [2.45, 2.75) is 17.9 Å². The van der Waals surface area contributed by atoms with Crippen molar-refractivity contribution < 1.29 is 22.3 Å². The van der Waals surface area contributed by atoms with Crippen LogP contribution < -0.4 is 14.8 Å². The Balaban J connectivity index is 2.13. The molecule has 2 aromatic rings. The summed E-state index contributed by atoms with van der Waals surface area (Å²) in [6.45, 7) is 1.34. The van der Waals surface area contributed by atoms with Crippen molar-refractivity contribution in [2.24, 2.45) is 0 Å². The molecule has 0 aromatic heterocycles. The van der Waals surface area contributed by atoms with Crippen LogP contribution in [0.4, 0.5) is 10.1 Å². The topological polar surface area (TPSA) is 84.5 Å². The van der Waals surface area contributed by atoms with Gasteiger partial charge in [-0.25, -0.2) is 12.8 Å². The van der Waals surface area contributed by atoms with Crippen molar-refractivity contribution in [1.82, 2.24) is 4.72 Å². The summed E-state index contributed by atoms with van der Waals surface area (Å²) in [7, 11) is -2.61. The molecule has 0 bridgehead atoms. The standard InChI is InChI=1S/C16H15BrClFN2O4S/c1-9(16(22)20-14-5-3-10(17)7-13(14)19)21-26(23,24)11-4-6-15(25-2)12(18)8-11/h3-9,21H,1-2H3,(H,20,22)/t9-/m0/s1. The van der Waals surface area contributed by atoms with E-state index in [0.29, 0.717) is 10.2 Å². The molecule has 0 aliphatic carbocycles. The smallest absolute Gasteiger partial charge is 0.242 e. The highest BCUT2D eigenvalue weighted by Gasteiger charge is 2.23. The fraction of sp³-hybridized carbons (Fsp3) is 0.188. The van der Waals surface area contributed by atoms with Crippen LogP contribution in [-0.4, -0.2) is 27.5 Å². The maximum absolute atomic E-state index is 13.8. The van der Waals surface area contributed by atoms with Crippen LogP contribution in [0.3, 0.4) is 0 Å². The van der Waals surface area contributed by atoms with Crippen LogP contribution in [-0.2, 0) is 14.8 Å². The Kier molecular flexibility index (Phi) is 6.62. The van der Waals surface area contributed by atoms with Crippen molar-refractivity contribution in [3.63, 3.8) is 0 Å². The molecular weight excluding hydrogens is 451 g/mol. The van der Waals surface area contributed by atoms with Gasteiger partial charge in [-0.05, 0) is 43.3 Å². The fourth-order valence-corrected chi connectivity index (χ4v) is 3.88. The average Bonchev–Trinajstić information content (AvgIpc) is 2.56. The largest absolute Gasteiger partial charge is 0.495 e. The first kappa shape index (κ1) is 20.6. The van der Waals surface area contributed by atoms with Crippen LogP contribution in [0.2, 0.25) is 5.02 Å². The Morgan fingerprint density at radius 2 is 1.96 bits per heavy atom. The SMILES string of the molecule is COc1ccc(S(=O)(=O)N[C@@H](C)C(=O)Nc2ccc(Br)cc2F)cc1Cl. The summed E-state index contributed by atoms with van der Waals surface area (Å²) >= 11 is 9.04. The summed E-state index contributed by atoms with van der Waals surface area (Å²) in [5.41, 5.74) is -0.0586. The lowest BCUT2D eigenvalue weighted by Gasteiger charge is -2.15. The molecule has 2 rings (SSSR count). The number of sulfonamides is 1. The van der Waals surface area contributed by atoms with E-state index in [1.807, 2.05) is 0 Å². The number of halogens is 3. The third-order valence-electron chi connectivity index (χ3n) is 3.35. The molecule has 0 unspecified atom stereocenters. The number of benzene rings is 2. The number of anilines is 1. The van der Waals surface area contributed by atoms with Crippen molar-refractivity contribution in [2.75, 3.05) is 12.4 Å². The lowest BCUT2D eigenvalue weighted by atomic mass is 10.2. The molecule has 10 heteroatoms. The van der Waals surface area contributed by atoms with Gasteiger partial charge in [-0.1, -0.05) is 27.5 Å². The second-order valence-corrected chi connectivity index (χ2v) is 8.29. The zero-order valence-corrected chi connectivity index (χ0v) is 16.9. The summed E-state index contributed by atoms with van der Waals surface area (Å²) in [4.78, 5) is 12.0. The van der Waals surface area contributed by atoms with Gasteiger partial charge in [-0.2, -0.15) is 4.72 Å². The van der Waals surface area contributed by atoms with Gasteiger partial charge in [-0.15, -0.1) is 0 Å². The van der Waals surface area contributed by atoms with Gasteiger partial charge in [0.1, 0.15) is 11.6 Å². The van der Waals surface area contributed by atoms with Gasteiger partial charge < -0.3 is 10.1 Å². The summed E-state index contributed by atoms with van der Waals surface area (Å²) in [5.74, 6) is -1.04. The fourth-order valence-electron chi connectivity index (χ4n) is 2.00. The number of methoxy groups -OCH3 is 1. The molecule has 6 nitrogen and oxygen atoms in total. The highest BCUT2D eigenvalue weighted by Crippen LogP contribution is 2.27. The number of ether oxygens (including phenoxy) is 1. The first-order valence-corrected chi connectivity index (χ1v) is 9.91. The minimum Gasteiger partial charge on any atom is -0.495 e. The maximum Gasteiger partial charge on any atom is 0.242 e. The van der Waals surface area contributed by atoms with E-state index in [9.17, 15) is 17.6 Å². The summed E-state index contributed by atoms with van der Waals surface area (Å²) in [6.07, 6.45) is 0. The highest BCUT2D eigenvalue weighted by molar-refractivity contribution is 9.10. The molecule has 0 spiro atoms. The lowest BCUT2D eigenvalue weighted by molar-refractivity contribution is -0.117. The second-order valence-electron chi connectivity index (χ2n) is 5.25. The molecule has 0 saturated carbocycles. The molecule has 2 N–H and O–H groups in total. The molecular formula is C16H15BrClFN2O4S. The first-order valence-electron chi connectivity index (χ1n) is 7.26. The zero-order valence-electron chi connectivity index (χ0n) is 13.7. The third kappa shape index (κ3) is 4.94. The first-order chi connectivity index (χ1) is 12.1. The lowest BCUT2D eigenvalue weighted by Crippen LogP contribution is -2.41. The van der Waals surface area contributed by atoms with Crippen LogP contribution in [0.15, 0.2) is 45.8 Å². The monoisotopic (exact) mass is 464 g/mol. The molecule has 0 radical (unpaired) electrons. The van der Waals surface area contributed by atoms with E-state index in [4.69, 9.17) is 16.3 Å². The molecule has 2 aromatic carbocycles. The number of amides is 1. The summed E-state index contributed by atoms with van der Waals surface area (Å²) in [6, 6.07) is 6.86. The van der Waals surface area contributed by atoms with Gasteiger partial charge in [0.15, 0.2) is 0 Å². The van der Waals surface area contributed by atoms with Gasteiger partial charge in [-0.3, -0.25) is 4.79 Å². The number of carbonyl (C=O) groups is 1. The molecule has 1 amide bonds. The molecule has 0 saturated heterocycles. The second kappa shape index (κ2) is 8.34.